The van der Waals surface area contributed by atoms with E-state index in [9.17, 15) is 0 Å². The number of hydrogen-bond donors (Lipinski definition) is 0. The van der Waals surface area contributed by atoms with Crippen LogP contribution in [-0.4, -0.2) is 20.5 Å². The number of fused-ring (bicyclic) bond motifs is 3. The first kappa shape index (κ1) is 24.0. The van der Waals surface area contributed by atoms with Crippen molar-refractivity contribution < 1.29 is 0 Å². The maximum atomic E-state index is 6.59. The molecule has 0 spiro atoms. The zero-order valence-electron chi connectivity index (χ0n) is 20.4. The van der Waals surface area contributed by atoms with Crippen LogP contribution in [0.4, 0.5) is 0 Å². The van der Waals surface area contributed by atoms with Crippen LogP contribution in [0, 0.1) is 6.92 Å². The van der Waals surface area contributed by atoms with Gasteiger partial charge in [-0.25, -0.2) is 0 Å². The molecule has 3 heterocycles. The summed E-state index contributed by atoms with van der Waals surface area (Å²) in [6.07, 6.45) is 8.42. The minimum Gasteiger partial charge on any atom is -0.276 e. The third-order valence-electron chi connectivity index (χ3n) is 6.62. The summed E-state index contributed by atoms with van der Waals surface area (Å²) in [5.41, 5.74) is 5.84. The van der Waals surface area contributed by atoms with Crippen molar-refractivity contribution in [3.63, 3.8) is 0 Å². The first-order valence-electron chi connectivity index (χ1n) is 12.6. The van der Waals surface area contributed by atoms with E-state index in [-0.39, 0.29) is 0 Å². The predicted molar refractivity (Wildman–Crippen MR) is 146 cm³/mol. The molecule has 0 aliphatic carbocycles. The number of hydrogen-bond acceptors (Lipinski definition) is 4. The summed E-state index contributed by atoms with van der Waals surface area (Å²) < 4.78 is 2.16. The molecule has 5 rings (SSSR count). The van der Waals surface area contributed by atoms with Crippen LogP contribution in [-0.2, 0) is 25.8 Å². The molecular weight excluding hydrogens is 472 g/mol. The van der Waals surface area contributed by atoms with Crippen LogP contribution in [0.15, 0.2) is 59.6 Å². The number of nitrogens with zero attached hydrogens (tertiary/aromatic N) is 4. The van der Waals surface area contributed by atoms with Crippen LogP contribution < -0.4 is 0 Å². The number of halogens is 1. The maximum Gasteiger partial charge on any atom is 0.160 e. The largest absolute Gasteiger partial charge is 0.276 e. The Kier molecular flexibility index (Phi) is 7.45. The Morgan fingerprint density at radius 3 is 2.43 bits per heavy atom. The number of aromatic nitrogens is 3. The van der Waals surface area contributed by atoms with E-state index in [0.29, 0.717) is 11.6 Å². The maximum absolute atomic E-state index is 6.59. The second-order valence-electron chi connectivity index (χ2n) is 9.20. The third-order valence-corrected chi connectivity index (χ3v) is 8.13. The van der Waals surface area contributed by atoms with Crippen molar-refractivity contribution in [2.75, 3.05) is 0 Å². The monoisotopic (exact) mass is 502 g/mol. The molecule has 1 aliphatic heterocycles. The topological polar surface area (TPSA) is 43.1 Å². The fraction of sp³-hybridized carbons (Fsp3) is 0.345. The number of thiophene rings is 1. The van der Waals surface area contributed by atoms with Crippen LogP contribution in [0.3, 0.4) is 0 Å². The molecule has 35 heavy (non-hydrogen) atoms. The first-order valence-corrected chi connectivity index (χ1v) is 13.7. The smallest absolute Gasteiger partial charge is 0.160 e. The van der Waals surface area contributed by atoms with Gasteiger partial charge >= 0.3 is 0 Å². The average molecular weight is 503 g/mol. The lowest BCUT2D eigenvalue weighted by atomic mass is 10.0. The summed E-state index contributed by atoms with van der Waals surface area (Å²) in [4.78, 5) is 6.28. The molecule has 4 nitrogen and oxygen atoms in total. The molecule has 180 valence electrons. The number of benzene rings is 2. The van der Waals surface area contributed by atoms with E-state index in [2.05, 4.69) is 52.0 Å². The molecular formula is C29H31ClN4S. The van der Waals surface area contributed by atoms with Gasteiger partial charge < -0.3 is 0 Å². The summed E-state index contributed by atoms with van der Waals surface area (Å²) >= 11 is 8.40. The van der Waals surface area contributed by atoms with Crippen molar-refractivity contribution >= 4 is 28.6 Å². The van der Waals surface area contributed by atoms with Crippen molar-refractivity contribution in [3.05, 3.63) is 98.4 Å². The summed E-state index contributed by atoms with van der Waals surface area (Å²) in [6.45, 7) is 4.75. The Bertz CT molecular complexity index is 1330. The molecule has 0 radical (unpaired) electrons. The number of aliphatic imine (C=N–C) groups is 1. The van der Waals surface area contributed by atoms with Gasteiger partial charge in [0.05, 0.1) is 5.71 Å². The van der Waals surface area contributed by atoms with Crippen LogP contribution in [0.1, 0.15) is 71.4 Å². The third kappa shape index (κ3) is 5.26. The normalized spacial score (nSPS) is 12.7. The Hall–Kier alpha value is -2.76. The van der Waals surface area contributed by atoms with Gasteiger partial charge in [-0.3, -0.25) is 9.56 Å². The molecule has 0 saturated carbocycles. The first-order chi connectivity index (χ1) is 17.1. The van der Waals surface area contributed by atoms with E-state index >= 15 is 0 Å². The van der Waals surface area contributed by atoms with Gasteiger partial charge in [0.15, 0.2) is 5.82 Å². The van der Waals surface area contributed by atoms with Gasteiger partial charge in [-0.2, -0.15) is 0 Å². The van der Waals surface area contributed by atoms with E-state index < -0.39 is 0 Å². The highest BCUT2D eigenvalue weighted by molar-refractivity contribution is 7.15. The second kappa shape index (κ2) is 10.9. The SMILES string of the molecule is CCCCCCc1ccc(CCc2cc3c(s2)-n2c(C)nnc2CN=C3c2ccccc2Cl)cc1. The van der Waals surface area contributed by atoms with Gasteiger partial charge in [0.1, 0.15) is 17.4 Å². The zero-order valence-corrected chi connectivity index (χ0v) is 22.0. The van der Waals surface area contributed by atoms with E-state index in [1.807, 2.05) is 42.5 Å². The van der Waals surface area contributed by atoms with Gasteiger partial charge in [0.25, 0.3) is 0 Å². The van der Waals surface area contributed by atoms with Gasteiger partial charge in [-0.05, 0) is 55.9 Å². The molecule has 2 aromatic carbocycles. The standard InChI is InChI=1S/C29H31ClN4S/c1-3-4-5-6-9-21-12-14-22(15-13-21)16-17-23-18-25-28(24-10-7-8-11-26(24)30)31-19-27-33-32-20(2)34(27)29(25)35-23/h7-8,10-15,18H,3-6,9,16-17,19H2,1-2H3. The zero-order chi connectivity index (χ0) is 24.2. The highest BCUT2D eigenvalue weighted by Gasteiger charge is 2.25. The Morgan fingerprint density at radius 2 is 1.66 bits per heavy atom. The Morgan fingerprint density at radius 1 is 0.886 bits per heavy atom. The molecule has 0 bridgehead atoms. The summed E-state index contributed by atoms with van der Waals surface area (Å²) in [5.74, 6) is 1.76. The number of rotatable bonds is 9. The summed E-state index contributed by atoms with van der Waals surface area (Å²) in [7, 11) is 0. The van der Waals surface area contributed by atoms with Crippen molar-refractivity contribution in [1.82, 2.24) is 14.8 Å². The predicted octanol–water partition coefficient (Wildman–Crippen LogP) is 7.55. The average Bonchev–Trinajstić information content (AvgIpc) is 3.41. The second-order valence-corrected chi connectivity index (χ2v) is 10.7. The van der Waals surface area contributed by atoms with E-state index in [0.717, 1.165) is 46.3 Å². The van der Waals surface area contributed by atoms with Crippen molar-refractivity contribution in [1.29, 1.82) is 0 Å². The molecule has 0 fully saturated rings. The number of aryl methyl sites for hydroxylation is 4. The van der Waals surface area contributed by atoms with E-state index in [1.165, 1.54) is 48.1 Å². The van der Waals surface area contributed by atoms with Crippen molar-refractivity contribution in [2.24, 2.45) is 4.99 Å². The summed E-state index contributed by atoms with van der Waals surface area (Å²) in [5, 5.41) is 10.6. The van der Waals surface area contributed by atoms with Gasteiger partial charge in [0, 0.05) is 21.0 Å². The Balaban J connectivity index is 1.37. The lowest BCUT2D eigenvalue weighted by Gasteiger charge is -2.08. The molecule has 0 saturated heterocycles. The lowest BCUT2D eigenvalue weighted by Crippen LogP contribution is -2.05. The highest BCUT2D eigenvalue weighted by Crippen LogP contribution is 2.35. The molecule has 1 aliphatic rings. The quantitative estimate of drug-likeness (QED) is 0.222. The van der Waals surface area contributed by atoms with E-state index in [4.69, 9.17) is 16.6 Å². The summed E-state index contributed by atoms with van der Waals surface area (Å²) in [6, 6.07) is 19.4. The van der Waals surface area contributed by atoms with Gasteiger partial charge in [-0.1, -0.05) is 80.3 Å². The van der Waals surface area contributed by atoms with E-state index in [1.54, 1.807) is 0 Å². The minimum absolute atomic E-state index is 0.489. The fourth-order valence-electron chi connectivity index (χ4n) is 4.68. The van der Waals surface area contributed by atoms with Crippen LogP contribution in [0.5, 0.6) is 0 Å². The Labute approximate surface area is 216 Å². The van der Waals surface area contributed by atoms with Gasteiger partial charge in [-0.15, -0.1) is 21.5 Å². The van der Waals surface area contributed by atoms with Crippen molar-refractivity contribution in [2.45, 2.75) is 65.3 Å². The highest BCUT2D eigenvalue weighted by atomic mass is 35.5. The minimum atomic E-state index is 0.489. The van der Waals surface area contributed by atoms with Crippen molar-refractivity contribution in [3.8, 4) is 5.00 Å². The molecule has 0 N–H and O–H groups in total. The molecule has 0 atom stereocenters. The lowest BCUT2D eigenvalue weighted by molar-refractivity contribution is 0.667. The van der Waals surface area contributed by atoms with Crippen LogP contribution in [0.25, 0.3) is 5.00 Å². The fourth-order valence-corrected chi connectivity index (χ4v) is 6.13. The molecule has 0 amide bonds. The molecule has 6 heteroatoms. The molecule has 4 aromatic rings. The van der Waals surface area contributed by atoms with Gasteiger partial charge in [0.2, 0.25) is 0 Å². The molecule has 2 aromatic heterocycles. The van der Waals surface area contributed by atoms with Crippen LogP contribution >= 0.6 is 22.9 Å². The molecule has 0 unspecified atom stereocenters. The number of unbranched alkanes of at least 4 members (excludes halogenated alkanes) is 3. The van der Waals surface area contributed by atoms with Crippen LogP contribution in [0.2, 0.25) is 5.02 Å².